The second-order valence-electron chi connectivity index (χ2n) is 4.95. The Morgan fingerprint density at radius 3 is 3.00 bits per heavy atom. The van der Waals surface area contributed by atoms with Crippen LogP contribution in [0.1, 0.15) is 17.0 Å². The zero-order valence-corrected chi connectivity index (χ0v) is 14.1. The number of nitrogens with one attached hydrogen (secondary N) is 1. The van der Waals surface area contributed by atoms with Crippen LogP contribution in [0.4, 0.5) is 5.69 Å². The first kappa shape index (κ1) is 14.3. The number of carbonyl (C=O) groups is 1. The third-order valence-electron chi connectivity index (χ3n) is 3.19. The molecular weight excluding hydrogens is 350 g/mol. The lowest BCUT2D eigenvalue weighted by Crippen LogP contribution is -2.15. The van der Waals surface area contributed by atoms with Gasteiger partial charge in [0.1, 0.15) is 0 Å². The molecule has 0 aliphatic rings. The molecule has 4 nitrogen and oxygen atoms in total. The first-order chi connectivity index (χ1) is 10.0. The van der Waals surface area contributed by atoms with Crippen LogP contribution >= 0.6 is 27.3 Å². The van der Waals surface area contributed by atoms with E-state index in [2.05, 4.69) is 26.2 Å². The molecule has 2 aromatic heterocycles. The maximum atomic E-state index is 12.2. The molecule has 1 amide bonds. The monoisotopic (exact) mass is 363 g/mol. The molecule has 2 heterocycles. The van der Waals surface area contributed by atoms with Gasteiger partial charge in [0.15, 0.2) is 4.96 Å². The lowest BCUT2D eigenvalue weighted by atomic mass is 10.2. The summed E-state index contributed by atoms with van der Waals surface area (Å²) in [5.74, 6) is -0.0252. The maximum Gasteiger partial charge on any atom is 0.230 e. The van der Waals surface area contributed by atoms with E-state index in [1.54, 1.807) is 11.3 Å². The second-order valence-corrected chi connectivity index (χ2v) is 6.64. The molecule has 0 fully saturated rings. The SMILES string of the molecule is Cc1cn2c(CC(=O)Nc3ccc(Br)c(C)c3)csc2n1. The number of halogens is 1. The Kier molecular flexibility index (Phi) is 3.82. The Hall–Kier alpha value is -1.66. The van der Waals surface area contributed by atoms with E-state index in [1.165, 1.54) is 0 Å². The van der Waals surface area contributed by atoms with Gasteiger partial charge in [-0.05, 0) is 37.6 Å². The summed E-state index contributed by atoms with van der Waals surface area (Å²) < 4.78 is 3.01. The van der Waals surface area contributed by atoms with Crippen molar-refractivity contribution in [2.75, 3.05) is 5.32 Å². The van der Waals surface area contributed by atoms with Crippen molar-refractivity contribution >= 4 is 43.8 Å². The van der Waals surface area contributed by atoms with Gasteiger partial charge in [-0.2, -0.15) is 0 Å². The molecule has 0 atom stereocenters. The number of aromatic nitrogens is 2. The molecule has 0 saturated heterocycles. The number of nitrogens with zero attached hydrogens (tertiary/aromatic N) is 2. The highest BCUT2D eigenvalue weighted by molar-refractivity contribution is 9.10. The van der Waals surface area contributed by atoms with Crippen molar-refractivity contribution in [3.63, 3.8) is 0 Å². The average Bonchev–Trinajstić information content (AvgIpc) is 2.95. The van der Waals surface area contributed by atoms with Gasteiger partial charge < -0.3 is 5.32 Å². The Bertz CT molecular complexity index is 822. The van der Waals surface area contributed by atoms with Gasteiger partial charge in [0.2, 0.25) is 5.91 Å². The van der Waals surface area contributed by atoms with Crippen molar-refractivity contribution in [3.8, 4) is 0 Å². The Balaban J connectivity index is 1.75. The van der Waals surface area contributed by atoms with Crippen LogP contribution in [-0.4, -0.2) is 15.3 Å². The number of amides is 1. The summed E-state index contributed by atoms with van der Waals surface area (Å²) in [6.07, 6.45) is 2.29. The summed E-state index contributed by atoms with van der Waals surface area (Å²) >= 11 is 5.01. The van der Waals surface area contributed by atoms with Gasteiger partial charge in [-0.3, -0.25) is 9.20 Å². The van der Waals surface area contributed by atoms with E-state index in [1.807, 2.05) is 48.0 Å². The molecule has 0 aliphatic carbocycles. The molecule has 0 unspecified atom stereocenters. The van der Waals surface area contributed by atoms with E-state index < -0.39 is 0 Å². The molecule has 1 N–H and O–H groups in total. The highest BCUT2D eigenvalue weighted by Gasteiger charge is 2.11. The largest absolute Gasteiger partial charge is 0.326 e. The molecule has 3 aromatic rings. The zero-order valence-electron chi connectivity index (χ0n) is 11.7. The van der Waals surface area contributed by atoms with Crippen molar-refractivity contribution in [3.05, 3.63) is 51.2 Å². The smallest absolute Gasteiger partial charge is 0.230 e. The molecule has 0 aliphatic heterocycles. The molecule has 6 heteroatoms. The highest BCUT2D eigenvalue weighted by atomic mass is 79.9. The van der Waals surface area contributed by atoms with Crippen LogP contribution in [0.5, 0.6) is 0 Å². The topological polar surface area (TPSA) is 46.4 Å². The molecule has 1 aromatic carbocycles. The number of rotatable bonds is 3. The Labute approximate surface area is 135 Å². The van der Waals surface area contributed by atoms with E-state index >= 15 is 0 Å². The van der Waals surface area contributed by atoms with Crippen molar-refractivity contribution < 1.29 is 4.79 Å². The molecule has 0 saturated carbocycles. The summed E-state index contributed by atoms with van der Waals surface area (Å²) in [7, 11) is 0. The van der Waals surface area contributed by atoms with Gasteiger partial charge in [0, 0.05) is 27.4 Å². The van der Waals surface area contributed by atoms with Crippen LogP contribution in [-0.2, 0) is 11.2 Å². The molecule has 3 rings (SSSR count). The minimum Gasteiger partial charge on any atom is -0.326 e. The van der Waals surface area contributed by atoms with Crippen molar-refractivity contribution in [1.29, 1.82) is 0 Å². The fourth-order valence-electron chi connectivity index (χ4n) is 2.16. The molecule has 0 spiro atoms. The van der Waals surface area contributed by atoms with E-state index in [-0.39, 0.29) is 5.91 Å². The molecule has 0 radical (unpaired) electrons. The molecule has 0 bridgehead atoms. The lowest BCUT2D eigenvalue weighted by molar-refractivity contribution is -0.115. The van der Waals surface area contributed by atoms with Crippen LogP contribution in [0.2, 0.25) is 0 Å². The molecular formula is C15H14BrN3OS. The number of thiazole rings is 1. The van der Waals surface area contributed by atoms with E-state index in [9.17, 15) is 4.79 Å². The maximum absolute atomic E-state index is 12.2. The standard InChI is InChI=1S/C15H14BrN3OS/c1-9-5-11(3-4-13(9)16)18-14(20)6-12-8-21-15-17-10(2)7-19(12)15/h3-5,7-8H,6H2,1-2H3,(H,18,20). The third-order valence-corrected chi connectivity index (χ3v) is 4.97. The predicted octanol–water partition coefficient (Wildman–Crippen LogP) is 3.96. The Morgan fingerprint density at radius 1 is 1.43 bits per heavy atom. The average molecular weight is 364 g/mol. The van der Waals surface area contributed by atoms with E-state index in [0.717, 1.165) is 32.1 Å². The predicted molar refractivity (Wildman–Crippen MR) is 89.0 cm³/mol. The summed E-state index contributed by atoms with van der Waals surface area (Å²) in [5, 5.41) is 4.91. The Morgan fingerprint density at radius 2 is 2.24 bits per heavy atom. The number of carbonyl (C=O) groups excluding carboxylic acids is 1. The number of fused-ring (bicyclic) bond motifs is 1. The van der Waals surface area contributed by atoms with Gasteiger partial charge in [0.05, 0.1) is 12.1 Å². The van der Waals surface area contributed by atoms with Gasteiger partial charge in [-0.1, -0.05) is 15.9 Å². The summed E-state index contributed by atoms with van der Waals surface area (Å²) in [6.45, 7) is 3.95. The van der Waals surface area contributed by atoms with Crippen molar-refractivity contribution in [1.82, 2.24) is 9.38 Å². The summed E-state index contributed by atoms with van der Waals surface area (Å²) in [4.78, 5) is 17.5. The van der Waals surface area contributed by atoms with Gasteiger partial charge in [-0.15, -0.1) is 11.3 Å². The number of imidazole rings is 1. The van der Waals surface area contributed by atoms with Crippen molar-refractivity contribution in [2.45, 2.75) is 20.3 Å². The number of anilines is 1. The van der Waals surface area contributed by atoms with Gasteiger partial charge in [-0.25, -0.2) is 4.98 Å². The first-order valence-electron chi connectivity index (χ1n) is 6.51. The number of benzene rings is 1. The van der Waals surface area contributed by atoms with E-state index in [0.29, 0.717) is 6.42 Å². The third kappa shape index (κ3) is 3.01. The van der Waals surface area contributed by atoms with Crippen molar-refractivity contribution in [2.24, 2.45) is 0 Å². The number of hydrogen-bond acceptors (Lipinski definition) is 3. The fraction of sp³-hybridized carbons (Fsp3) is 0.200. The normalized spacial score (nSPS) is 11.0. The minimum atomic E-state index is -0.0252. The molecule has 21 heavy (non-hydrogen) atoms. The molecule has 108 valence electrons. The number of hydrogen-bond donors (Lipinski definition) is 1. The fourth-order valence-corrected chi connectivity index (χ4v) is 3.33. The lowest BCUT2D eigenvalue weighted by Gasteiger charge is -2.07. The van der Waals surface area contributed by atoms with Crippen LogP contribution in [0.15, 0.2) is 34.2 Å². The highest BCUT2D eigenvalue weighted by Crippen LogP contribution is 2.21. The first-order valence-corrected chi connectivity index (χ1v) is 8.18. The van der Waals surface area contributed by atoms with Crippen LogP contribution in [0.25, 0.3) is 4.96 Å². The van der Waals surface area contributed by atoms with E-state index in [4.69, 9.17) is 0 Å². The quantitative estimate of drug-likeness (QED) is 0.765. The number of aryl methyl sites for hydroxylation is 2. The van der Waals surface area contributed by atoms with Gasteiger partial charge >= 0.3 is 0 Å². The summed E-state index contributed by atoms with van der Waals surface area (Å²) in [6, 6.07) is 5.78. The zero-order chi connectivity index (χ0) is 15.0. The van der Waals surface area contributed by atoms with Gasteiger partial charge in [0.25, 0.3) is 0 Å². The van der Waals surface area contributed by atoms with Crippen LogP contribution < -0.4 is 5.32 Å². The van der Waals surface area contributed by atoms with Crippen LogP contribution in [0, 0.1) is 13.8 Å². The minimum absolute atomic E-state index is 0.0252. The summed E-state index contributed by atoms with van der Waals surface area (Å²) in [5.41, 5.74) is 3.83. The second kappa shape index (κ2) is 5.61. The van der Waals surface area contributed by atoms with Crippen LogP contribution in [0.3, 0.4) is 0 Å².